The van der Waals surface area contributed by atoms with Crippen LogP contribution in [0.1, 0.15) is 25.7 Å². The van der Waals surface area contributed by atoms with Crippen molar-refractivity contribution in [1.82, 2.24) is 14.9 Å². The highest BCUT2D eigenvalue weighted by Gasteiger charge is 2.31. The van der Waals surface area contributed by atoms with Gasteiger partial charge in [-0.15, -0.1) is 0 Å². The van der Waals surface area contributed by atoms with Crippen molar-refractivity contribution >= 4 is 16.9 Å². The third-order valence-electron chi connectivity index (χ3n) is 3.23. The number of amides is 1. The predicted octanol–water partition coefficient (Wildman–Crippen LogP) is 1.63. The average Bonchev–Trinajstić information content (AvgIpc) is 3.16. The maximum absolute atomic E-state index is 11.6. The van der Waals surface area contributed by atoms with E-state index in [1.54, 1.807) is 0 Å². The number of nitrogens with one attached hydrogen (secondary N) is 1. The highest BCUT2D eigenvalue weighted by Crippen LogP contribution is 2.21. The van der Waals surface area contributed by atoms with E-state index in [9.17, 15) is 4.79 Å². The Morgan fingerprint density at radius 2 is 2.26 bits per heavy atom. The van der Waals surface area contributed by atoms with Gasteiger partial charge in [-0.05, 0) is 26.0 Å². The number of hydrogen-bond acceptors (Lipinski definition) is 3. The van der Waals surface area contributed by atoms with Crippen molar-refractivity contribution in [3.63, 3.8) is 0 Å². The Balaban J connectivity index is 1.88. The fourth-order valence-electron chi connectivity index (χ4n) is 2.27. The summed E-state index contributed by atoms with van der Waals surface area (Å²) in [5.41, 5.74) is 2.06. The first kappa shape index (κ1) is 12.2. The molecule has 3 rings (SSSR count). The Bertz CT molecular complexity index is 614. The summed E-state index contributed by atoms with van der Waals surface area (Å²) in [6.07, 6.45) is -0.253. The number of epoxide rings is 1. The van der Waals surface area contributed by atoms with Crippen molar-refractivity contribution in [3.05, 3.63) is 30.1 Å². The maximum Gasteiger partial charge on any atom is 0.251 e. The molecule has 100 valence electrons. The summed E-state index contributed by atoms with van der Waals surface area (Å²) in [6.45, 7) is 5.20. The molecule has 1 saturated heterocycles. The minimum atomic E-state index is -0.253. The fourth-order valence-corrected chi connectivity index (χ4v) is 2.27. The second-order valence-corrected chi connectivity index (χ2v) is 5.02. The highest BCUT2D eigenvalue weighted by molar-refractivity contribution is 5.83. The Kier molecular flexibility index (Phi) is 2.98. The van der Waals surface area contributed by atoms with Crippen LogP contribution in [-0.4, -0.2) is 28.2 Å². The van der Waals surface area contributed by atoms with Gasteiger partial charge in [0.15, 0.2) is 6.10 Å². The van der Waals surface area contributed by atoms with E-state index in [1.165, 1.54) is 0 Å². The molecule has 1 N–H and O–H groups in total. The summed E-state index contributed by atoms with van der Waals surface area (Å²) >= 11 is 0. The van der Waals surface area contributed by atoms with Gasteiger partial charge in [-0.3, -0.25) is 4.79 Å². The molecule has 1 aliphatic heterocycles. The third kappa shape index (κ3) is 2.33. The third-order valence-corrected chi connectivity index (χ3v) is 3.23. The molecule has 5 nitrogen and oxygen atoms in total. The van der Waals surface area contributed by atoms with Crippen LogP contribution in [0.25, 0.3) is 11.0 Å². The lowest BCUT2D eigenvalue weighted by Crippen LogP contribution is -2.28. The van der Waals surface area contributed by atoms with Crippen molar-refractivity contribution in [2.75, 3.05) is 6.61 Å². The van der Waals surface area contributed by atoms with E-state index in [0.29, 0.717) is 19.2 Å². The number of rotatable bonds is 4. The summed E-state index contributed by atoms with van der Waals surface area (Å²) in [5.74, 6) is 0.826. The molecule has 19 heavy (non-hydrogen) atoms. The van der Waals surface area contributed by atoms with Crippen molar-refractivity contribution in [2.45, 2.75) is 32.5 Å². The number of benzene rings is 1. The van der Waals surface area contributed by atoms with Crippen LogP contribution < -0.4 is 5.32 Å². The monoisotopic (exact) mass is 259 g/mol. The van der Waals surface area contributed by atoms with E-state index in [0.717, 1.165) is 16.9 Å². The van der Waals surface area contributed by atoms with Crippen molar-refractivity contribution in [2.24, 2.45) is 0 Å². The van der Waals surface area contributed by atoms with Gasteiger partial charge in [0.2, 0.25) is 0 Å². The van der Waals surface area contributed by atoms with E-state index in [1.807, 2.05) is 18.2 Å². The molecule has 1 unspecified atom stereocenters. The van der Waals surface area contributed by atoms with Gasteiger partial charge in [0.05, 0.1) is 24.2 Å². The zero-order chi connectivity index (χ0) is 13.4. The topological polar surface area (TPSA) is 59.5 Å². The molecule has 1 aromatic heterocycles. The predicted molar refractivity (Wildman–Crippen MR) is 71.7 cm³/mol. The van der Waals surface area contributed by atoms with Gasteiger partial charge in [0, 0.05) is 6.04 Å². The first-order chi connectivity index (χ1) is 9.16. The van der Waals surface area contributed by atoms with E-state index < -0.39 is 0 Å². The lowest BCUT2D eigenvalue weighted by molar-refractivity contribution is -0.122. The largest absolute Gasteiger partial charge is 0.363 e. The number of ether oxygens (including phenoxy) is 1. The van der Waals surface area contributed by atoms with Crippen LogP contribution in [-0.2, 0) is 16.1 Å². The van der Waals surface area contributed by atoms with Gasteiger partial charge in [0.25, 0.3) is 5.91 Å². The molecular weight excluding hydrogens is 242 g/mol. The van der Waals surface area contributed by atoms with Crippen LogP contribution >= 0.6 is 0 Å². The Morgan fingerprint density at radius 3 is 2.95 bits per heavy atom. The minimum absolute atomic E-state index is 0.0534. The number of carbonyl (C=O) groups excluding carboxylic acids is 1. The second kappa shape index (κ2) is 4.66. The summed E-state index contributed by atoms with van der Waals surface area (Å²) in [7, 11) is 0. The standard InChI is InChI=1S/C14H17N3O2/c1-9(2)17-11-6-4-3-5-10(11)16-13(17)7-15-14(18)12-8-19-12/h3-6,9,12H,7-8H2,1-2H3,(H,15,18). The smallest absolute Gasteiger partial charge is 0.251 e. The van der Waals surface area contributed by atoms with E-state index in [4.69, 9.17) is 4.74 Å². The maximum atomic E-state index is 11.6. The quantitative estimate of drug-likeness (QED) is 0.849. The molecule has 0 bridgehead atoms. The van der Waals surface area contributed by atoms with Gasteiger partial charge in [0.1, 0.15) is 5.82 Å². The number of fused-ring (bicyclic) bond motifs is 1. The van der Waals surface area contributed by atoms with Crippen LogP contribution in [0.3, 0.4) is 0 Å². The zero-order valence-electron chi connectivity index (χ0n) is 11.1. The van der Waals surface area contributed by atoms with Crippen LogP contribution in [0.15, 0.2) is 24.3 Å². The molecule has 0 spiro atoms. The number of aromatic nitrogens is 2. The number of hydrogen-bond donors (Lipinski definition) is 1. The van der Waals surface area contributed by atoms with Crippen LogP contribution in [0, 0.1) is 0 Å². The molecule has 1 atom stereocenters. The summed E-state index contributed by atoms with van der Waals surface area (Å²) in [4.78, 5) is 16.2. The second-order valence-electron chi connectivity index (χ2n) is 5.02. The SMILES string of the molecule is CC(C)n1c(CNC(=O)C2CO2)nc2ccccc21. The molecular formula is C14H17N3O2. The lowest BCUT2D eigenvalue weighted by atomic mass is 10.3. The van der Waals surface area contributed by atoms with Crippen molar-refractivity contribution in [3.8, 4) is 0 Å². The van der Waals surface area contributed by atoms with Crippen LogP contribution in [0.5, 0.6) is 0 Å². The van der Waals surface area contributed by atoms with Gasteiger partial charge < -0.3 is 14.6 Å². The van der Waals surface area contributed by atoms with E-state index in [-0.39, 0.29) is 12.0 Å². The van der Waals surface area contributed by atoms with E-state index in [2.05, 4.69) is 34.8 Å². The molecule has 1 aromatic carbocycles. The molecule has 0 aliphatic carbocycles. The molecule has 2 heterocycles. The van der Waals surface area contributed by atoms with Crippen LogP contribution in [0.2, 0.25) is 0 Å². The Labute approximate surface area is 111 Å². The number of carbonyl (C=O) groups is 1. The number of para-hydroxylation sites is 2. The Morgan fingerprint density at radius 1 is 1.53 bits per heavy atom. The fraction of sp³-hybridized carbons (Fsp3) is 0.429. The zero-order valence-corrected chi connectivity index (χ0v) is 11.1. The molecule has 5 heteroatoms. The molecule has 2 aromatic rings. The number of imidazole rings is 1. The molecule has 1 amide bonds. The van der Waals surface area contributed by atoms with Crippen molar-refractivity contribution < 1.29 is 9.53 Å². The van der Waals surface area contributed by atoms with Gasteiger partial charge >= 0.3 is 0 Å². The van der Waals surface area contributed by atoms with Gasteiger partial charge in [-0.25, -0.2) is 4.98 Å². The molecule has 1 fully saturated rings. The summed E-state index contributed by atoms with van der Waals surface area (Å²) < 4.78 is 7.11. The number of nitrogens with zero attached hydrogens (tertiary/aromatic N) is 2. The normalized spacial score (nSPS) is 17.9. The van der Waals surface area contributed by atoms with E-state index >= 15 is 0 Å². The van der Waals surface area contributed by atoms with Gasteiger partial charge in [-0.1, -0.05) is 12.1 Å². The minimum Gasteiger partial charge on any atom is -0.363 e. The first-order valence-corrected chi connectivity index (χ1v) is 6.52. The lowest BCUT2D eigenvalue weighted by Gasteiger charge is -2.13. The van der Waals surface area contributed by atoms with Crippen molar-refractivity contribution in [1.29, 1.82) is 0 Å². The molecule has 1 aliphatic rings. The van der Waals surface area contributed by atoms with Crippen LogP contribution in [0.4, 0.5) is 0 Å². The van der Waals surface area contributed by atoms with Gasteiger partial charge in [-0.2, -0.15) is 0 Å². The Hall–Kier alpha value is -1.88. The highest BCUT2D eigenvalue weighted by atomic mass is 16.6. The average molecular weight is 259 g/mol. The molecule has 0 saturated carbocycles. The first-order valence-electron chi connectivity index (χ1n) is 6.52. The molecule has 0 radical (unpaired) electrons. The summed E-state index contributed by atoms with van der Waals surface area (Å²) in [6, 6.07) is 8.32. The summed E-state index contributed by atoms with van der Waals surface area (Å²) in [5, 5.41) is 2.87.